The van der Waals surface area contributed by atoms with E-state index in [1.807, 2.05) is 0 Å². The van der Waals surface area contributed by atoms with Gasteiger partial charge in [-0.3, -0.25) is 0 Å². The fraction of sp³-hybridized carbons (Fsp3) is 0.300. The van der Waals surface area contributed by atoms with E-state index in [2.05, 4.69) is 26.5 Å². The third-order valence-electron chi connectivity index (χ3n) is 1.93. The van der Waals surface area contributed by atoms with Crippen molar-refractivity contribution >= 4 is 12.0 Å². The lowest BCUT2D eigenvalue weighted by Crippen LogP contribution is -2.47. The van der Waals surface area contributed by atoms with Crippen molar-refractivity contribution in [1.82, 2.24) is 20.6 Å². The molecule has 0 aliphatic rings. The number of aliphatic carboxylic acids is 1. The Morgan fingerprint density at radius 3 is 2.94 bits per heavy atom. The van der Waals surface area contributed by atoms with Gasteiger partial charge in [0, 0.05) is 18.3 Å². The van der Waals surface area contributed by atoms with Crippen LogP contribution in [0.5, 0.6) is 0 Å². The Balaban J connectivity index is 2.52. The number of carboxylic acids is 1. The van der Waals surface area contributed by atoms with Crippen LogP contribution in [0.4, 0.5) is 4.79 Å². The minimum atomic E-state index is -1.13. The van der Waals surface area contributed by atoms with E-state index in [0.29, 0.717) is 5.69 Å². The number of amides is 2. The summed E-state index contributed by atoms with van der Waals surface area (Å²) in [6.07, 6.45) is 8.01. The van der Waals surface area contributed by atoms with Crippen molar-refractivity contribution in [1.29, 1.82) is 0 Å². The van der Waals surface area contributed by atoms with Gasteiger partial charge in [-0.1, -0.05) is 5.92 Å². The van der Waals surface area contributed by atoms with Crippen molar-refractivity contribution in [3.63, 3.8) is 0 Å². The molecule has 90 valence electrons. The molecule has 0 saturated heterocycles. The molecule has 0 radical (unpaired) electrons. The first kappa shape index (κ1) is 12.6. The van der Waals surface area contributed by atoms with Crippen LogP contribution in [0.3, 0.4) is 0 Å². The van der Waals surface area contributed by atoms with E-state index in [0.717, 1.165) is 0 Å². The number of imidazole rings is 1. The zero-order valence-electron chi connectivity index (χ0n) is 8.93. The number of terminal acetylenes is 1. The summed E-state index contributed by atoms with van der Waals surface area (Å²) in [4.78, 5) is 28.7. The third-order valence-corrected chi connectivity index (χ3v) is 1.93. The fourth-order valence-electron chi connectivity index (χ4n) is 1.16. The highest BCUT2D eigenvalue weighted by Crippen LogP contribution is 1.98. The Hall–Kier alpha value is -2.49. The SMILES string of the molecule is C#CCNC(=O)NC(Cc1cnc[nH]1)C(=O)O. The van der Waals surface area contributed by atoms with Crippen LogP contribution in [-0.4, -0.2) is 39.7 Å². The second-order valence-electron chi connectivity index (χ2n) is 3.20. The van der Waals surface area contributed by atoms with Crippen LogP contribution in [0.2, 0.25) is 0 Å². The summed E-state index contributed by atoms with van der Waals surface area (Å²) in [6.45, 7) is 0.0439. The molecular formula is C10H12N4O3. The van der Waals surface area contributed by atoms with Gasteiger partial charge in [-0.05, 0) is 0 Å². The number of carbonyl (C=O) groups excluding carboxylic acids is 1. The number of urea groups is 1. The molecule has 17 heavy (non-hydrogen) atoms. The van der Waals surface area contributed by atoms with E-state index in [-0.39, 0.29) is 13.0 Å². The van der Waals surface area contributed by atoms with E-state index in [1.54, 1.807) is 0 Å². The number of H-pyrrole nitrogens is 1. The first-order valence-corrected chi connectivity index (χ1v) is 4.81. The van der Waals surface area contributed by atoms with Crippen LogP contribution < -0.4 is 10.6 Å². The number of nitrogens with zero attached hydrogens (tertiary/aromatic N) is 1. The van der Waals surface area contributed by atoms with Gasteiger partial charge in [-0.2, -0.15) is 0 Å². The number of carbonyl (C=O) groups is 2. The van der Waals surface area contributed by atoms with Gasteiger partial charge in [0.15, 0.2) is 0 Å². The van der Waals surface area contributed by atoms with Gasteiger partial charge in [-0.25, -0.2) is 14.6 Å². The summed E-state index contributed by atoms with van der Waals surface area (Å²) < 4.78 is 0. The normalized spacial score (nSPS) is 11.2. The maximum absolute atomic E-state index is 11.2. The topological polar surface area (TPSA) is 107 Å². The van der Waals surface area contributed by atoms with Gasteiger partial charge < -0.3 is 20.7 Å². The third kappa shape index (κ3) is 4.25. The highest BCUT2D eigenvalue weighted by Gasteiger charge is 2.20. The summed E-state index contributed by atoms with van der Waals surface area (Å²) >= 11 is 0. The molecule has 0 aliphatic heterocycles. The molecule has 7 nitrogen and oxygen atoms in total. The van der Waals surface area contributed by atoms with Crippen molar-refractivity contribution in [3.05, 3.63) is 18.2 Å². The average Bonchev–Trinajstić information content (AvgIpc) is 2.78. The molecule has 1 atom stereocenters. The van der Waals surface area contributed by atoms with Gasteiger partial charge in [0.1, 0.15) is 6.04 Å². The van der Waals surface area contributed by atoms with E-state index >= 15 is 0 Å². The monoisotopic (exact) mass is 236 g/mol. The summed E-state index contributed by atoms with van der Waals surface area (Å²) in [7, 11) is 0. The van der Waals surface area contributed by atoms with Gasteiger partial charge >= 0.3 is 12.0 Å². The summed E-state index contributed by atoms with van der Waals surface area (Å²) in [6, 6.07) is -1.65. The summed E-state index contributed by atoms with van der Waals surface area (Å²) in [5.74, 6) is 1.08. The lowest BCUT2D eigenvalue weighted by molar-refractivity contribution is -0.139. The van der Waals surface area contributed by atoms with Gasteiger partial charge in [0.05, 0.1) is 12.9 Å². The Morgan fingerprint density at radius 1 is 1.65 bits per heavy atom. The van der Waals surface area contributed by atoms with Crippen LogP contribution in [0.25, 0.3) is 0 Å². The first-order chi connectivity index (χ1) is 8.13. The molecule has 0 spiro atoms. The van der Waals surface area contributed by atoms with Crippen LogP contribution in [-0.2, 0) is 11.2 Å². The molecule has 1 aromatic heterocycles. The molecule has 1 rings (SSSR count). The van der Waals surface area contributed by atoms with Crippen molar-refractivity contribution in [2.75, 3.05) is 6.54 Å². The Labute approximate surface area is 97.6 Å². The summed E-state index contributed by atoms with van der Waals surface area (Å²) in [5.41, 5.74) is 0.620. The Morgan fingerprint density at radius 2 is 2.41 bits per heavy atom. The molecule has 0 saturated carbocycles. The molecule has 1 heterocycles. The maximum atomic E-state index is 11.2. The number of hydrogen-bond donors (Lipinski definition) is 4. The molecule has 1 aromatic rings. The number of nitrogens with one attached hydrogen (secondary N) is 3. The number of carboxylic acid groups (broad SMARTS) is 1. The van der Waals surface area contributed by atoms with Crippen molar-refractivity contribution < 1.29 is 14.7 Å². The molecule has 0 aromatic carbocycles. The van der Waals surface area contributed by atoms with Crippen LogP contribution in [0.1, 0.15) is 5.69 Å². The standard InChI is InChI=1S/C10H12N4O3/c1-2-3-12-10(17)14-8(9(15)16)4-7-5-11-6-13-7/h1,5-6,8H,3-4H2,(H,11,13)(H,15,16)(H2,12,14,17). The van der Waals surface area contributed by atoms with Crippen LogP contribution in [0.15, 0.2) is 12.5 Å². The molecule has 0 aliphatic carbocycles. The van der Waals surface area contributed by atoms with Crippen molar-refractivity contribution in [2.45, 2.75) is 12.5 Å². The number of aromatic nitrogens is 2. The van der Waals surface area contributed by atoms with E-state index in [4.69, 9.17) is 11.5 Å². The van der Waals surface area contributed by atoms with Gasteiger partial charge in [0.2, 0.25) is 0 Å². The van der Waals surface area contributed by atoms with Crippen molar-refractivity contribution in [2.24, 2.45) is 0 Å². The number of hydrogen-bond acceptors (Lipinski definition) is 3. The largest absolute Gasteiger partial charge is 0.480 e. The fourth-order valence-corrected chi connectivity index (χ4v) is 1.16. The molecule has 1 unspecified atom stereocenters. The minimum Gasteiger partial charge on any atom is -0.480 e. The molecular weight excluding hydrogens is 224 g/mol. The highest BCUT2D eigenvalue weighted by atomic mass is 16.4. The quantitative estimate of drug-likeness (QED) is 0.509. The van der Waals surface area contributed by atoms with E-state index < -0.39 is 18.0 Å². The Kier molecular flexibility index (Phi) is 4.57. The van der Waals surface area contributed by atoms with Crippen molar-refractivity contribution in [3.8, 4) is 12.3 Å². The van der Waals surface area contributed by atoms with Crippen LogP contribution in [0, 0.1) is 12.3 Å². The molecule has 7 heteroatoms. The predicted molar refractivity (Wildman–Crippen MR) is 59.1 cm³/mol. The number of rotatable bonds is 5. The van der Waals surface area contributed by atoms with Gasteiger partial charge in [-0.15, -0.1) is 6.42 Å². The molecule has 4 N–H and O–H groups in total. The second-order valence-corrected chi connectivity index (χ2v) is 3.20. The molecule has 2 amide bonds. The van der Waals surface area contributed by atoms with Crippen LogP contribution >= 0.6 is 0 Å². The van der Waals surface area contributed by atoms with E-state index in [1.165, 1.54) is 12.5 Å². The van der Waals surface area contributed by atoms with Gasteiger partial charge in [0.25, 0.3) is 0 Å². The minimum absolute atomic E-state index is 0.0439. The van der Waals surface area contributed by atoms with E-state index in [9.17, 15) is 9.59 Å². The average molecular weight is 236 g/mol. The highest BCUT2D eigenvalue weighted by molar-refractivity contribution is 5.82. The molecule has 0 fully saturated rings. The zero-order chi connectivity index (χ0) is 12.7. The zero-order valence-corrected chi connectivity index (χ0v) is 8.93. The lowest BCUT2D eigenvalue weighted by atomic mass is 10.2. The number of aromatic amines is 1. The predicted octanol–water partition coefficient (Wildman–Crippen LogP) is -0.662. The Bertz CT molecular complexity index is 421. The molecule has 0 bridgehead atoms. The smallest absolute Gasteiger partial charge is 0.326 e. The lowest BCUT2D eigenvalue weighted by Gasteiger charge is -2.13. The maximum Gasteiger partial charge on any atom is 0.326 e. The second kappa shape index (κ2) is 6.17. The first-order valence-electron chi connectivity index (χ1n) is 4.81. The summed E-state index contributed by atoms with van der Waals surface area (Å²) in [5, 5.41) is 13.5.